The van der Waals surface area contributed by atoms with Gasteiger partial charge in [-0.15, -0.1) is 0 Å². The lowest BCUT2D eigenvalue weighted by atomic mass is 10.0. The average molecular weight is 417 g/mol. The summed E-state index contributed by atoms with van der Waals surface area (Å²) in [7, 11) is 0. The summed E-state index contributed by atoms with van der Waals surface area (Å²) in [4.78, 5) is 9.00. The normalized spacial score (nSPS) is 11.2. The maximum Gasteiger partial charge on any atom is 0.300 e. The van der Waals surface area contributed by atoms with Crippen LogP contribution >= 0.6 is 0 Å². The molecule has 0 fully saturated rings. The highest BCUT2D eigenvalue weighted by Crippen LogP contribution is 2.20. The molecule has 0 heterocycles. The van der Waals surface area contributed by atoms with E-state index >= 15 is 0 Å². The minimum atomic E-state index is -1.41. The summed E-state index contributed by atoms with van der Waals surface area (Å²) in [6.07, 6.45) is 24.7. The van der Waals surface area contributed by atoms with Crippen LogP contribution in [0.5, 0.6) is 0 Å². The van der Waals surface area contributed by atoms with Crippen molar-refractivity contribution in [1.29, 1.82) is 0 Å². The Morgan fingerprint density at radius 1 is 0.552 bits per heavy atom. The molecule has 0 aromatic carbocycles. The molecule has 0 saturated carbocycles. The first-order chi connectivity index (χ1) is 13.9. The molecule has 4 nitrogen and oxygen atoms in total. The van der Waals surface area contributed by atoms with Crippen LogP contribution in [-0.4, -0.2) is 27.1 Å². The number of carboxylic acid groups (broad SMARTS) is 1. The highest BCUT2D eigenvalue weighted by molar-refractivity contribution is 5.62. The highest BCUT2D eigenvalue weighted by atomic mass is 16.5. The molecule has 0 unspecified atom stereocenters. The van der Waals surface area contributed by atoms with Crippen molar-refractivity contribution in [2.24, 2.45) is 0 Å². The van der Waals surface area contributed by atoms with Crippen molar-refractivity contribution in [1.82, 2.24) is 0 Å². The van der Waals surface area contributed by atoms with Crippen LogP contribution in [-0.2, 0) is 4.79 Å². The molecule has 0 rings (SSSR count). The van der Waals surface area contributed by atoms with Gasteiger partial charge in [-0.1, -0.05) is 117 Å². The minimum absolute atomic E-state index is 0.530. The number of rotatable bonds is 20. The van der Waals surface area contributed by atoms with Gasteiger partial charge in [0.2, 0.25) is 0 Å². The Labute approximate surface area is 181 Å². The van der Waals surface area contributed by atoms with Gasteiger partial charge in [-0.05, 0) is 12.8 Å². The van der Waals surface area contributed by atoms with Gasteiger partial charge < -0.3 is 15.3 Å². The van der Waals surface area contributed by atoms with Gasteiger partial charge in [0.25, 0.3) is 5.97 Å². The van der Waals surface area contributed by atoms with E-state index in [4.69, 9.17) is 9.90 Å². The molecule has 0 atom stereocenters. The van der Waals surface area contributed by atoms with Gasteiger partial charge in [0, 0.05) is 19.8 Å². The van der Waals surface area contributed by atoms with Crippen LogP contribution in [0.25, 0.3) is 0 Å². The van der Waals surface area contributed by atoms with Gasteiger partial charge in [0.15, 0.2) is 5.79 Å². The third-order valence-electron chi connectivity index (χ3n) is 5.36. The van der Waals surface area contributed by atoms with Crippen LogP contribution in [0.4, 0.5) is 0 Å². The summed E-state index contributed by atoms with van der Waals surface area (Å²) in [5, 5.41) is 27.0. The number of aliphatic hydroxyl groups is 2. The van der Waals surface area contributed by atoms with Crippen LogP contribution in [0.15, 0.2) is 0 Å². The van der Waals surface area contributed by atoms with Crippen molar-refractivity contribution in [2.45, 2.75) is 155 Å². The third-order valence-corrected chi connectivity index (χ3v) is 5.36. The third kappa shape index (κ3) is 32.3. The molecule has 0 aromatic rings. The van der Waals surface area contributed by atoms with E-state index in [0.29, 0.717) is 12.8 Å². The second-order valence-corrected chi connectivity index (χ2v) is 8.66. The smallest absolute Gasteiger partial charge is 0.300 e. The maximum atomic E-state index is 9.82. The van der Waals surface area contributed by atoms with E-state index in [1.807, 2.05) is 0 Å². The van der Waals surface area contributed by atoms with E-state index in [9.17, 15) is 10.2 Å². The van der Waals surface area contributed by atoms with E-state index < -0.39 is 11.8 Å². The lowest BCUT2D eigenvalue weighted by Gasteiger charge is -2.21. The van der Waals surface area contributed by atoms with Crippen molar-refractivity contribution < 1.29 is 20.1 Å². The molecular formula is C25H52O4. The van der Waals surface area contributed by atoms with E-state index in [-0.39, 0.29) is 0 Å². The van der Waals surface area contributed by atoms with Crippen LogP contribution in [0.2, 0.25) is 0 Å². The fraction of sp³-hybridized carbons (Fsp3) is 0.960. The van der Waals surface area contributed by atoms with E-state index in [1.54, 1.807) is 0 Å². The molecule has 0 aromatic heterocycles. The van der Waals surface area contributed by atoms with Gasteiger partial charge in [-0.2, -0.15) is 0 Å². The predicted molar refractivity (Wildman–Crippen MR) is 124 cm³/mol. The van der Waals surface area contributed by atoms with Crippen molar-refractivity contribution >= 4 is 5.97 Å². The minimum Gasteiger partial charge on any atom is -0.481 e. The van der Waals surface area contributed by atoms with Crippen LogP contribution in [0, 0.1) is 0 Å². The molecule has 0 aliphatic rings. The summed E-state index contributed by atoms with van der Waals surface area (Å²) in [6, 6.07) is 0. The van der Waals surface area contributed by atoms with Gasteiger partial charge in [-0.25, -0.2) is 0 Å². The first kappa shape index (κ1) is 30.6. The number of carbonyl (C=O) groups is 1. The topological polar surface area (TPSA) is 77.8 Å². The van der Waals surface area contributed by atoms with E-state index in [0.717, 1.165) is 32.6 Å². The summed E-state index contributed by atoms with van der Waals surface area (Å²) >= 11 is 0. The molecule has 0 bridgehead atoms. The average Bonchev–Trinajstić information content (AvgIpc) is 2.65. The Hall–Kier alpha value is -0.610. The second-order valence-electron chi connectivity index (χ2n) is 8.66. The lowest BCUT2D eigenvalue weighted by Crippen LogP contribution is -2.27. The molecule has 0 aliphatic heterocycles. The van der Waals surface area contributed by atoms with E-state index in [1.165, 1.54) is 89.9 Å². The lowest BCUT2D eigenvalue weighted by molar-refractivity contribution is -0.171. The Bertz CT molecular complexity index is 325. The Morgan fingerprint density at radius 3 is 1.10 bits per heavy atom. The van der Waals surface area contributed by atoms with Crippen molar-refractivity contribution in [2.75, 3.05) is 0 Å². The predicted octanol–water partition coefficient (Wildman–Crippen LogP) is 7.60. The monoisotopic (exact) mass is 416 g/mol. The summed E-state index contributed by atoms with van der Waals surface area (Å²) in [5.74, 6) is -2.24. The molecule has 4 heteroatoms. The largest absolute Gasteiger partial charge is 0.481 e. The first-order valence-corrected chi connectivity index (χ1v) is 12.5. The molecule has 176 valence electrons. The Morgan fingerprint density at radius 2 is 0.793 bits per heavy atom. The Kier molecular flexibility index (Phi) is 25.0. The standard InChI is InChI=1S/C23H48O2.C2H4O2/c1-3-5-7-8-9-10-11-12-13-14-15-16-17-18-19-20-22-23(24,25)21-6-4-2;1-2(3)4/h24-25H,3-22H2,1-2H3;1H3,(H,3,4). The number of carboxylic acids is 1. The first-order valence-electron chi connectivity index (χ1n) is 12.5. The quantitative estimate of drug-likeness (QED) is 0.141. The van der Waals surface area contributed by atoms with Gasteiger partial charge in [-0.3, -0.25) is 4.79 Å². The summed E-state index contributed by atoms with van der Waals surface area (Å²) < 4.78 is 0. The fourth-order valence-electron chi connectivity index (χ4n) is 3.54. The molecule has 3 N–H and O–H groups in total. The zero-order valence-electron chi connectivity index (χ0n) is 19.9. The van der Waals surface area contributed by atoms with Crippen LogP contribution < -0.4 is 0 Å². The number of hydrogen-bond acceptors (Lipinski definition) is 3. The number of hydrogen-bond donors (Lipinski definition) is 3. The zero-order chi connectivity index (χ0) is 22.2. The second kappa shape index (κ2) is 23.7. The van der Waals surface area contributed by atoms with Crippen molar-refractivity contribution in [3.8, 4) is 0 Å². The maximum absolute atomic E-state index is 9.82. The van der Waals surface area contributed by atoms with Gasteiger partial charge in [0.05, 0.1) is 0 Å². The number of unbranched alkanes of at least 4 members (excludes halogenated alkanes) is 16. The van der Waals surface area contributed by atoms with Gasteiger partial charge in [0.1, 0.15) is 0 Å². The molecule has 0 amide bonds. The molecule has 0 saturated heterocycles. The van der Waals surface area contributed by atoms with Crippen molar-refractivity contribution in [3.63, 3.8) is 0 Å². The van der Waals surface area contributed by atoms with Crippen LogP contribution in [0.1, 0.15) is 149 Å². The Balaban J connectivity index is 0. The van der Waals surface area contributed by atoms with E-state index in [2.05, 4.69) is 13.8 Å². The van der Waals surface area contributed by atoms with Crippen LogP contribution in [0.3, 0.4) is 0 Å². The molecule has 0 radical (unpaired) electrons. The SMILES string of the molecule is CC(=O)O.CCCCCCCCCCCCCCCCCCC(O)(O)CCCC. The summed E-state index contributed by atoms with van der Waals surface area (Å²) in [6.45, 7) is 5.45. The molecule has 0 spiro atoms. The van der Waals surface area contributed by atoms with Crippen molar-refractivity contribution in [3.05, 3.63) is 0 Å². The molecular weight excluding hydrogens is 364 g/mol. The summed E-state index contributed by atoms with van der Waals surface area (Å²) in [5.41, 5.74) is 0. The number of aliphatic carboxylic acids is 1. The highest BCUT2D eigenvalue weighted by Gasteiger charge is 2.20. The fourth-order valence-corrected chi connectivity index (χ4v) is 3.54. The van der Waals surface area contributed by atoms with Gasteiger partial charge >= 0.3 is 0 Å². The zero-order valence-corrected chi connectivity index (χ0v) is 19.9. The molecule has 0 aliphatic carbocycles. The molecule has 29 heavy (non-hydrogen) atoms.